The molecule has 94 valence electrons. The predicted molar refractivity (Wildman–Crippen MR) is 67.2 cm³/mol. The summed E-state index contributed by atoms with van der Waals surface area (Å²) in [4.78, 5) is 12.1. The van der Waals surface area contributed by atoms with Gasteiger partial charge in [-0.15, -0.1) is 0 Å². The van der Waals surface area contributed by atoms with Gasteiger partial charge in [-0.3, -0.25) is 4.79 Å². The molecule has 0 N–H and O–H groups in total. The van der Waals surface area contributed by atoms with Gasteiger partial charge >= 0.3 is 0 Å². The van der Waals surface area contributed by atoms with Crippen LogP contribution < -0.4 is 0 Å². The van der Waals surface area contributed by atoms with Gasteiger partial charge < -0.3 is 9.47 Å². The van der Waals surface area contributed by atoms with Gasteiger partial charge in [-0.2, -0.15) is 0 Å². The first-order chi connectivity index (χ1) is 8.22. The van der Waals surface area contributed by atoms with Crippen LogP contribution in [0.1, 0.15) is 36.7 Å². The molecule has 3 heteroatoms. The highest BCUT2D eigenvalue weighted by atomic mass is 16.7. The van der Waals surface area contributed by atoms with Crippen molar-refractivity contribution in [3.63, 3.8) is 0 Å². The van der Waals surface area contributed by atoms with E-state index >= 15 is 0 Å². The number of hydrogen-bond acceptors (Lipinski definition) is 3. The monoisotopic (exact) mass is 236 g/mol. The normalized spacial score (nSPS) is 10.8. The molecule has 0 fully saturated rings. The second kappa shape index (κ2) is 7.20. The maximum absolute atomic E-state index is 12.1. The molecule has 0 aliphatic heterocycles. The largest absolute Gasteiger partial charge is 0.346 e. The summed E-state index contributed by atoms with van der Waals surface area (Å²) in [5.41, 5.74) is 1.85. The first-order valence-electron chi connectivity index (χ1n) is 6.09. The number of carbonyl (C=O) groups is 1. The summed E-state index contributed by atoms with van der Waals surface area (Å²) in [5.74, 6) is -0.114. The van der Waals surface area contributed by atoms with Crippen LogP contribution in [0.5, 0.6) is 0 Å². The highest BCUT2D eigenvalue weighted by Crippen LogP contribution is 2.10. The van der Waals surface area contributed by atoms with Crippen molar-refractivity contribution in [2.24, 2.45) is 0 Å². The molecular weight excluding hydrogens is 216 g/mol. The van der Waals surface area contributed by atoms with E-state index in [1.54, 1.807) is 0 Å². The topological polar surface area (TPSA) is 35.5 Å². The Morgan fingerprint density at radius 2 is 1.59 bits per heavy atom. The Kier molecular flexibility index (Phi) is 5.87. The molecule has 1 aromatic carbocycles. The molecule has 0 saturated carbocycles. The second-order valence-corrected chi connectivity index (χ2v) is 3.66. The maximum atomic E-state index is 12.1. The van der Waals surface area contributed by atoms with E-state index in [4.69, 9.17) is 9.47 Å². The van der Waals surface area contributed by atoms with Crippen molar-refractivity contribution in [2.45, 2.75) is 33.5 Å². The Hall–Kier alpha value is -1.19. The highest BCUT2D eigenvalue weighted by molar-refractivity contribution is 5.98. The molecular formula is C14H20O3. The van der Waals surface area contributed by atoms with Crippen LogP contribution in [0.15, 0.2) is 24.3 Å². The van der Waals surface area contributed by atoms with Crippen molar-refractivity contribution in [2.75, 3.05) is 13.2 Å². The third-order valence-electron chi connectivity index (χ3n) is 2.50. The van der Waals surface area contributed by atoms with Gasteiger partial charge in [0.1, 0.15) is 0 Å². The Morgan fingerprint density at radius 3 is 2.00 bits per heavy atom. The molecule has 0 saturated heterocycles. The van der Waals surface area contributed by atoms with E-state index in [0.29, 0.717) is 18.8 Å². The molecule has 0 heterocycles. The number of rotatable bonds is 7. The van der Waals surface area contributed by atoms with E-state index in [2.05, 4.69) is 6.92 Å². The minimum Gasteiger partial charge on any atom is -0.346 e. The van der Waals surface area contributed by atoms with Crippen LogP contribution in [0, 0.1) is 0 Å². The lowest BCUT2D eigenvalue weighted by atomic mass is 10.1. The summed E-state index contributed by atoms with van der Waals surface area (Å²) in [6, 6.07) is 7.57. The maximum Gasteiger partial charge on any atom is 0.222 e. The fourth-order valence-electron chi connectivity index (χ4n) is 1.54. The van der Waals surface area contributed by atoms with Crippen LogP contribution >= 0.6 is 0 Å². The summed E-state index contributed by atoms with van der Waals surface area (Å²) in [6.45, 7) is 6.70. The van der Waals surface area contributed by atoms with Gasteiger partial charge in [0.05, 0.1) is 0 Å². The lowest BCUT2D eigenvalue weighted by Crippen LogP contribution is -2.27. The van der Waals surface area contributed by atoms with Crippen molar-refractivity contribution in [3.8, 4) is 0 Å². The van der Waals surface area contributed by atoms with Gasteiger partial charge in [-0.05, 0) is 25.8 Å². The molecule has 0 aliphatic carbocycles. The minimum atomic E-state index is -0.780. The molecule has 0 unspecified atom stereocenters. The Morgan fingerprint density at radius 1 is 1.06 bits per heavy atom. The van der Waals surface area contributed by atoms with Gasteiger partial charge in [-0.25, -0.2) is 0 Å². The van der Waals surface area contributed by atoms with Crippen LogP contribution in [-0.2, 0) is 15.9 Å². The zero-order valence-corrected chi connectivity index (χ0v) is 10.7. The van der Waals surface area contributed by atoms with Crippen LogP contribution in [0.2, 0.25) is 0 Å². The van der Waals surface area contributed by atoms with Crippen LogP contribution in [0.25, 0.3) is 0 Å². The summed E-state index contributed by atoms with van der Waals surface area (Å²) in [6.07, 6.45) is 0.187. The standard InChI is InChI=1S/C14H20O3/c1-4-11-7-9-12(10-8-11)13(15)14(16-5-2)17-6-3/h7-10,14H,4-6H2,1-3H3. The summed E-state index contributed by atoms with van der Waals surface area (Å²) in [7, 11) is 0. The van der Waals surface area contributed by atoms with E-state index in [9.17, 15) is 4.79 Å². The van der Waals surface area contributed by atoms with Crippen molar-refractivity contribution >= 4 is 5.78 Å². The molecule has 0 amide bonds. The molecule has 0 aliphatic rings. The smallest absolute Gasteiger partial charge is 0.222 e. The Labute approximate surface area is 103 Å². The average Bonchev–Trinajstić information content (AvgIpc) is 2.38. The Bertz CT molecular complexity index is 337. The molecule has 3 nitrogen and oxygen atoms in total. The van der Waals surface area contributed by atoms with E-state index < -0.39 is 6.29 Å². The number of Topliss-reactive ketones (excluding diaryl/α,β-unsaturated/α-hetero) is 1. The van der Waals surface area contributed by atoms with Crippen molar-refractivity contribution in [1.29, 1.82) is 0 Å². The molecule has 0 radical (unpaired) electrons. The number of aryl methyl sites for hydroxylation is 1. The van der Waals surface area contributed by atoms with Gasteiger partial charge in [0.25, 0.3) is 0 Å². The molecule has 0 atom stereocenters. The lowest BCUT2D eigenvalue weighted by Gasteiger charge is -2.15. The fourth-order valence-corrected chi connectivity index (χ4v) is 1.54. The minimum absolute atomic E-state index is 0.114. The zero-order valence-electron chi connectivity index (χ0n) is 10.7. The van der Waals surface area contributed by atoms with E-state index in [0.717, 1.165) is 6.42 Å². The summed E-state index contributed by atoms with van der Waals surface area (Å²) < 4.78 is 10.6. The molecule has 0 bridgehead atoms. The van der Waals surface area contributed by atoms with Gasteiger partial charge in [0, 0.05) is 18.8 Å². The quantitative estimate of drug-likeness (QED) is 0.539. The van der Waals surface area contributed by atoms with Gasteiger partial charge in [0.15, 0.2) is 0 Å². The number of carbonyl (C=O) groups excluding carboxylic acids is 1. The SMILES string of the molecule is CCOC(OCC)C(=O)c1ccc(CC)cc1. The summed E-state index contributed by atoms with van der Waals surface area (Å²) in [5, 5.41) is 0. The first-order valence-corrected chi connectivity index (χ1v) is 6.09. The van der Waals surface area contributed by atoms with Crippen molar-refractivity contribution in [1.82, 2.24) is 0 Å². The van der Waals surface area contributed by atoms with Crippen molar-refractivity contribution < 1.29 is 14.3 Å². The molecule has 0 aromatic heterocycles. The number of ketones is 1. The molecule has 1 aromatic rings. The first kappa shape index (κ1) is 13.9. The number of benzene rings is 1. The van der Waals surface area contributed by atoms with Crippen LogP contribution in [-0.4, -0.2) is 25.3 Å². The fraction of sp³-hybridized carbons (Fsp3) is 0.500. The van der Waals surface area contributed by atoms with E-state index in [-0.39, 0.29) is 5.78 Å². The van der Waals surface area contributed by atoms with Crippen LogP contribution in [0.3, 0.4) is 0 Å². The molecule has 0 spiro atoms. The van der Waals surface area contributed by atoms with Crippen LogP contribution in [0.4, 0.5) is 0 Å². The van der Waals surface area contributed by atoms with Crippen molar-refractivity contribution in [3.05, 3.63) is 35.4 Å². The third kappa shape index (κ3) is 3.95. The van der Waals surface area contributed by atoms with Gasteiger partial charge in [-0.1, -0.05) is 31.2 Å². The predicted octanol–water partition coefficient (Wildman–Crippen LogP) is 2.83. The zero-order chi connectivity index (χ0) is 12.7. The lowest BCUT2D eigenvalue weighted by molar-refractivity contribution is -0.107. The molecule has 17 heavy (non-hydrogen) atoms. The Balaban J connectivity index is 2.77. The van der Waals surface area contributed by atoms with Gasteiger partial charge in [0.2, 0.25) is 12.1 Å². The number of ether oxygens (including phenoxy) is 2. The number of hydrogen-bond donors (Lipinski definition) is 0. The molecule has 1 rings (SSSR count). The highest BCUT2D eigenvalue weighted by Gasteiger charge is 2.20. The third-order valence-corrected chi connectivity index (χ3v) is 2.50. The summed E-state index contributed by atoms with van der Waals surface area (Å²) >= 11 is 0. The van der Waals surface area contributed by atoms with E-state index in [1.807, 2.05) is 38.1 Å². The average molecular weight is 236 g/mol. The second-order valence-electron chi connectivity index (χ2n) is 3.66. The van der Waals surface area contributed by atoms with E-state index in [1.165, 1.54) is 5.56 Å².